The fraction of sp³-hybridized carbons (Fsp3) is 0.909. The molecule has 3 heteroatoms. The predicted molar refractivity (Wildman–Crippen MR) is 56.4 cm³/mol. The highest BCUT2D eigenvalue weighted by atomic mass is 16.4. The second-order valence-electron chi connectivity index (χ2n) is 4.51. The molecular formula is C11H21NO2. The first-order valence-corrected chi connectivity index (χ1v) is 5.52. The number of hydrogen-bond donors (Lipinski definition) is 1. The van der Waals surface area contributed by atoms with E-state index in [9.17, 15) is 9.90 Å². The summed E-state index contributed by atoms with van der Waals surface area (Å²) in [7, 11) is 0. The molecule has 1 aliphatic rings. The Morgan fingerprint density at radius 1 is 1.64 bits per heavy atom. The van der Waals surface area contributed by atoms with Crippen LogP contribution in [0.25, 0.3) is 0 Å². The molecule has 0 aromatic heterocycles. The minimum atomic E-state index is -0.669. The molecule has 1 rings (SSSR count). The third-order valence-electron chi connectivity index (χ3n) is 3.40. The molecule has 2 unspecified atom stereocenters. The lowest BCUT2D eigenvalue weighted by Crippen LogP contribution is -2.51. The molecule has 0 amide bonds. The van der Waals surface area contributed by atoms with Crippen LogP contribution in [0.1, 0.15) is 46.5 Å². The van der Waals surface area contributed by atoms with Crippen LogP contribution in [0.15, 0.2) is 0 Å². The maximum atomic E-state index is 11.2. The average molecular weight is 199 g/mol. The Bertz CT molecular complexity index is 217. The van der Waals surface area contributed by atoms with Crippen LogP contribution in [0.5, 0.6) is 0 Å². The van der Waals surface area contributed by atoms with E-state index in [1.54, 1.807) is 0 Å². The van der Waals surface area contributed by atoms with Gasteiger partial charge in [0, 0.05) is 6.04 Å². The molecule has 0 spiro atoms. The zero-order chi connectivity index (χ0) is 10.8. The Balaban J connectivity index is 2.72. The van der Waals surface area contributed by atoms with Crippen molar-refractivity contribution in [3.05, 3.63) is 0 Å². The van der Waals surface area contributed by atoms with Crippen molar-refractivity contribution in [3.8, 4) is 0 Å². The van der Waals surface area contributed by atoms with Crippen molar-refractivity contribution < 1.29 is 9.90 Å². The summed E-state index contributed by atoms with van der Waals surface area (Å²) in [4.78, 5) is 13.4. The van der Waals surface area contributed by atoms with Gasteiger partial charge in [0.15, 0.2) is 0 Å². The number of carboxylic acids is 1. The van der Waals surface area contributed by atoms with Gasteiger partial charge in [0.05, 0.1) is 0 Å². The van der Waals surface area contributed by atoms with Gasteiger partial charge in [-0.15, -0.1) is 0 Å². The summed E-state index contributed by atoms with van der Waals surface area (Å²) in [6.07, 6.45) is 4.00. The smallest absolute Gasteiger partial charge is 0.323 e. The molecule has 0 aromatic rings. The fourth-order valence-corrected chi connectivity index (χ4v) is 2.49. The SMILES string of the molecule is CCCC(C)N1CCCC1(C)C(=O)O. The topological polar surface area (TPSA) is 40.5 Å². The first-order chi connectivity index (χ1) is 6.52. The second kappa shape index (κ2) is 4.30. The van der Waals surface area contributed by atoms with Crippen LogP contribution in [0.3, 0.4) is 0 Å². The Morgan fingerprint density at radius 3 is 2.79 bits per heavy atom. The van der Waals surface area contributed by atoms with Crippen molar-refractivity contribution in [2.24, 2.45) is 0 Å². The largest absolute Gasteiger partial charge is 0.480 e. The summed E-state index contributed by atoms with van der Waals surface area (Å²) in [5, 5.41) is 9.22. The van der Waals surface area contributed by atoms with Gasteiger partial charge in [-0.3, -0.25) is 9.69 Å². The third kappa shape index (κ3) is 1.92. The summed E-state index contributed by atoms with van der Waals surface area (Å²) in [6, 6.07) is 0.392. The minimum absolute atomic E-state index is 0.392. The van der Waals surface area contributed by atoms with Crippen LogP contribution in [0.4, 0.5) is 0 Å². The zero-order valence-electron chi connectivity index (χ0n) is 9.42. The number of likely N-dealkylation sites (tertiary alicyclic amines) is 1. The van der Waals surface area contributed by atoms with Gasteiger partial charge >= 0.3 is 5.97 Å². The van der Waals surface area contributed by atoms with Crippen LogP contribution in [0, 0.1) is 0 Å². The second-order valence-corrected chi connectivity index (χ2v) is 4.51. The van der Waals surface area contributed by atoms with Crippen molar-refractivity contribution in [1.82, 2.24) is 4.90 Å². The van der Waals surface area contributed by atoms with Crippen LogP contribution in [-0.4, -0.2) is 34.1 Å². The number of carbonyl (C=O) groups is 1. The van der Waals surface area contributed by atoms with E-state index < -0.39 is 11.5 Å². The van der Waals surface area contributed by atoms with Gasteiger partial charge in [0.1, 0.15) is 5.54 Å². The molecule has 0 saturated carbocycles. The lowest BCUT2D eigenvalue weighted by molar-refractivity contribution is -0.149. The van der Waals surface area contributed by atoms with Gasteiger partial charge in [0.2, 0.25) is 0 Å². The van der Waals surface area contributed by atoms with Gasteiger partial charge in [-0.1, -0.05) is 13.3 Å². The summed E-state index contributed by atoms with van der Waals surface area (Å²) in [5.41, 5.74) is -0.616. The molecule has 2 atom stereocenters. The number of hydrogen-bond acceptors (Lipinski definition) is 2. The minimum Gasteiger partial charge on any atom is -0.480 e. The lowest BCUT2D eigenvalue weighted by atomic mass is 9.97. The van der Waals surface area contributed by atoms with E-state index in [-0.39, 0.29) is 0 Å². The van der Waals surface area contributed by atoms with Gasteiger partial charge in [-0.05, 0) is 39.7 Å². The Morgan fingerprint density at radius 2 is 2.29 bits per heavy atom. The first kappa shape index (κ1) is 11.5. The Hall–Kier alpha value is -0.570. The summed E-state index contributed by atoms with van der Waals surface area (Å²) in [5.74, 6) is -0.669. The highest BCUT2D eigenvalue weighted by Gasteiger charge is 2.44. The van der Waals surface area contributed by atoms with Gasteiger partial charge < -0.3 is 5.11 Å². The molecule has 1 saturated heterocycles. The van der Waals surface area contributed by atoms with E-state index in [0.717, 1.165) is 32.2 Å². The van der Waals surface area contributed by atoms with Crippen LogP contribution in [-0.2, 0) is 4.79 Å². The van der Waals surface area contributed by atoms with E-state index in [2.05, 4.69) is 18.7 Å². The van der Waals surface area contributed by atoms with Crippen LogP contribution in [0.2, 0.25) is 0 Å². The third-order valence-corrected chi connectivity index (χ3v) is 3.40. The molecule has 0 aliphatic carbocycles. The van der Waals surface area contributed by atoms with E-state index >= 15 is 0 Å². The van der Waals surface area contributed by atoms with E-state index in [4.69, 9.17) is 0 Å². The van der Waals surface area contributed by atoms with Crippen molar-refractivity contribution in [1.29, 1.82) is 0 Å². The van der Waals surface area contributed by atoms with E-state index in [0.29, 0.717) is 6.04 Å². The zero-order valence-corrected chi connectivity index (χ0v) is 9.42. The fourth-order valence-electron chi connectivity index (χ4n) is 2.49. The number of rotatable bonds is 4. The predicted octanol–water partition coefficient (Wildman–Crippen LogP) is 2.11. The van der Waals surface area contributed by atoms with E-state index in [1.807, 2.05) is 6.92 Å². The first-order valence-electron chi connectivity index (χ1n) is 5.52. The molecule has 1 heterocycles. The standard InChI is InChI=1S/C11H21NO2/c1-4-6-9(2)12-8-5-7-11(12,3)10(13)14/h9H,4-8H2,1-3H3,(H,13,14). The van der Waals surface area contributed by atoms with E-state index in [1.165, 1.54) is 0 Å². The number of carboxylic acid groups (broad SMARTS) is 1. The lowest BCUT2D eigenvalue weighted by Gasteiger charge is -2.36. The van der Waals surface area contributed by atoms with Gasteiger partial charge in [0.25, 0.3) is 0 Å². The monoisotopic (exact) mass is 199 g/mol. The molecular weight excluding hydrogens is 178 g/mol. The molecule has 3 nitrogen and oxygen atoms in total. The summed E-state index contributed by atoms with van der Waals surface area (Å²) < 4.78 is 0. The maximum absolute atomic E-state index is 11.2. The molecule has 14 heavy (non-hydrogen) atoms. The number of nitrogens with zero attached hydrogens (tertiary/aromatic N) is 1. The van der Waals surface area contributed by atoms with Crippen LogP contribution < -0.4 is 0 Å². The van der Waals surface area contributed by atoms with Crippen molar-refractivity contribution in [3.63, 3.8) is 0 Å². The van der Waals surface area contributed by atoms with Crippen molar-refractivity contribution >= 4 is 5.97 Å². The summed E-state index contributed by atoms with van der Waals surface area (Å²) in [6.45, 7) is 7.07. The normalized spacial score (nSPS) is 30.5. The maximum Gasteiger partial charge on any atom is 0.323 e. The molecule has 0 aromatic carbocycles. The Kier molecular flexibility index (Phi) is 3.53. The quantitative estimate of drug-likeness (QED) is 0.754. The summed E-state index contributed by atoms with van der Waals surface area (Å²) >= 11 is 0. The highest BCUT2D eigenvalue weighted by Crippen LogP contribution is 2.32. The van der Waals surface area contributed by atoms with Crippen molar-refractivity contribution in [2.75, 3.05) is 6.54 Å². The molecule has 1 aliphatic heterocycles. The highest BCUT2D eigenvalue weighted by molar-refractivity contribution is 5.78. The molecule has 0 bridgehead atoms. The molecule has 0 radical (unpaired) electrons. The molecule has 1 fully saturated rings. The molecule has 1 N–H and O–H groups in total. The van der Waals surface area contributed by atoms with Crippen molar-refractivity contribution in [2.45, 2.75) is 58.0 Å². The van der Waals surface area contributed by atoms with Gasteiger partial charge in [-0.25, -0.2) is 0 Å². The Labute approximate surface area is 86.1 Å². The average Bonchev–Trinajstić information content (AvgIpc) is 2.49. The molecule has 82 valence electrons. The van der Waals surface area contributed by atoms with Gasteiger partial charge in [-0.2, -0.15) is 0 Å². The van der Waals surface area contributed by atoms with Crippen LogP contribution >= 0.6 is 0 Å². The number of aliphatic carboxylic acids is 1.